The van der Waals surface area contributed by atoms with Crippen LogP contribution in [0, 0.1) is 23.7 Å². The molecule has 8 rings (SSSR count). The van der Waals surface area contributed by atoms with Crippen molar-refractivity contribution in [1.82, 2.24) is 30.6 Å². The van der Waals surface area contributed by atoms with Gasteiger partial charge in [0.05, 0.1) is 35.0 Å². The topological polar surface area (TPSA) is 81.4 Å². The first-order valence-electron chi connectivity index (χ1n) is 13.8. The molecule has 0 amide bonds. The van der Waals surface area contributed by atoms with Crippen LogP contribution < -0.4 is 10.6 Å². The predicted octanol–water partition coefficient (Wildman–Crippen LogP) is 5.60. The fraction of sp³-hybridized carbons (Fsp3) is 0.312. The van der Waals surface area contributed by atoms with Gasteiger partial charge in [0.1, 0.15) is 11.6 Å². The second-order valence-electron chi connectivity index (χ2n) is 11.4. The zero-order chi connectivity index (χ0) is 25.2. The Morgan fingerprint density at radius 1 is 0.842 bits per heavy atom. The van der Waals surface area contributed by atoms with Crippen LogP contribution in [0.15, 0.2) is 60.8 Å². The summed E-state index contributed by atoms with van der Waals surface area (Å²) in [6.07, 6.45) is 5.60. The zero-order valence-corrected chi connectivity index (χ0v) is 21.4. The van der Waals surface area contributed by atoms with E-state index < -0.39 is 0 Å². The molecule has 0 bridgehead atoms. The first-order valence-corrected chi connectivity index (χ1v) is 13.8. The van der Waals surface area contributed by atoms with Gasteiger partial charge in [0.25, 0.3) is 0 Å². The first kappa shape index (κ1) is 22.1. The summed E-state index contributed by atoms with van der Waals surface area (Å²) in [5.41, 5.74) is 6.32. The highest BCUT2D eigenvalue weighted by molar-refractivity contribution is 6.04. The Hall–Kier alpha value is -3.92. The molecule has 3 aliphatic rings. The lowest BCUT2D eigenvalue weighted by molar-refractivity contribution is 0.543. The van der Waals surface area contributed by atoms with Gasteiger partial charge in [-0.1, -0.05) is 43.0 Å². The van der Waals surface area contributed by atoms with E-state index in [0.29, 0.717) is 18.0 Å². The van der Waals surface area contributed by atoms with Gasteiger partial charge in [-0.2, -0.15) is 0 Å². The van der Waals surface area contributed by atoms with E-state index in [1.807, 2.05) is 6.20 Å². The van der Waals surface area contributed by atoms with Crippen molar-refractivity contribution in [3.05, 3.63) is 83.6 Å². The summed E-state index contributed by atoms with van der Waals surface area (Å²) in [6.45, 7) is 3.34. The Morgan fingerprint density at radius 3 is 2.53 bits per heavy atom. The van der Waals surface area contributed by atoms with E-state index >= 15 is 0 Å². The van der Waals surface area contributed by atoms with Crippen molar-refractivity contribution in [3.63, 3.8) is 0 Å². The van der Waals surface area contributed by atoms with Gasteiger partial charge >= 0.3 is 0 Å². The Bertz CT molecular complexity index is 1720. The number of H-pyrrole nitrogens is 2. The standard InChI is InChI=1S/C32H30N6/c1-18-12-27(33-16-18)32-36-25-11-9-22-13-20(6-10-24(22)30(25)38-32)3-2-19-4-7-21(8-5-19)29-17-34-31(37-29)28-15-23-14-26(23)35-28/h4-11,13,17-18,23,26-28,33,35H,12,14-16H2,1H3,(H,34,37)(H,36,38)/t18?,23?,26?,27-,28-/m0/s1. The molecule has 1 saturated carbocycles. The second-order valence-corrected chi connectivity index (χ2v) is 11.4. The Morgan fingerprint density at radius 2 is 1.71 bits per heavy atom. The van der Waals surface area contributed by atoms with E-state index in [1.54, 1.807) is 0 Å². The monoisotopic (exact) mass is 498 g/mol. The molecule has 4 heterocycles. The molecule has 2 saturated heterocycles. The molecule has 5 aromatic rings. The number of nitrogens with zero attached hydrogens (tertiary/aromatic N) is 2. The molecule has 3 aromatic carbocycles. The van der Waals surface area contributed by atoms with Crippen molar-refractivity contribution in [3.8, 4) is 23.1 Å². The highest BCUT2D eigenvalue weighted by Gasteiger charge is 2.46. The van der Waals surface area contributed by atoms with Crippen molar-refractivity contribution < 1.29 is 0 Å². The van der Waals surface area contributed by atoms with Crippen molar-refractivity contribution in [2.24, 2.45) is 11.8 Å². The fourth-order valence-electron chi connectivity index (χ4n) is 6.25. The van der Waals surface area contributed by atoms with Gasteiger partial charge in [0, 0.05) is 22.6 Å². The van der Waals surface area contributed by atoms with E-state index in [-0.39, 0.29) is 0 Å². The summed E-state index contributed by atoms with van der Waals surface area (Å²) < 4.78 is 0. The molecule has 0 radical (unpaired) electrons. The maximum absolute atomic E-state index is 4.98. The highest BCUT2D eigenvalue weighted by Crippen LogP contribution is 2.45. The summed E-state index contributed by atoms with van der Waals surface area (Å²) in [4.78, 5) is 16.7. The third kappa shape index (κ3) is 3.91. The minimum absolute atomic E-state index is 0.314. The predicted molar refractivity (Wildman–Crippen MR) is 151 cm³/mol. The molecule has 4 N–H and O–H groups in total. The highest BCUT2D eigenvalue weighted by atomic mass is 15.1. The quantitative estimate of drug-likeness (QED) is 0.244. The number of hydrogen-bond donors (Lipinski definition) is 4. The van der Waals surface area contributed by atoms with Gasteiger partial charge in [-0.25, -0.2) is 9.97 Å². The van der Waals surface area contributed by atoms with Gasteiger partial charge in [-0.15, -0.1) is 0 Å². The number of piperidine rings is 1. The summed E-state index contributed by atoms with van der Waals surface area (Å²) in [7, 11) is 0. The molecule has 5 atom stereocenters. The number of aromatic amines is 2. The molecular weight excluding hydrogens is 468 g/mol. The van der Waals surface area contributed by atoms with Crippen LogP contribution in [-0.2, 0) is 0 Å². The van der Waals surface area contributed by atoms with Crippen LogP contribution in [0.5, 0.6) is 0 Å². The lowest BCUT2D eigenvalue weighted by atomic mass is 10.1. The smallest absolute Gasteiger partial charge is 0.124 e. The summed E-state index contributed by atoms with van der Waals surface area (Å²) in [5.74, 6) is 10.3. The maximum atomic E-state index is 4.98. The lowest BCUT2D eigenvalue weighted by Crippen LogP contribution is -2.18. The Labute approximate surface area is 221 Å². The number of rotatable bonds is 3. The first-order chi connectivity index (χ1) is 18.7. The van der Waals surface area contributed by atoms with E-state index in [1.165, 1.54) is 12.8 Å². The largest absolute Gasteiger partial charge is 0.341 e. The van der Waals surface area contributed by atoms with Crippen LogP contribution in [-0.4, -0.2) is 32.5 Å². The normalized spacial score (nSPS) is 26.0. The summed E-state index contributed by atoms with van der Waals surface area (Å²) >= 11 is 0. The van der Waals surface area contributed by atoms with Crippen molar-refractivity contribution in [2.75, 3.05) is 6.54 Å². The van der Waals surface area contributed by atoms with E-state index in [9.17, 15) is 0 Å². The number of aromatic nitrogens is 4. The molecule has 2 aliphatic heterocycles. The van der Waals surface area contributed by atoms with E-state index in [2.05, 4.69) is 98.9 Å². The fourth-order valence-corrected chi connectivity index (χ4v) is 6.25. The molecule has 3 unspecified atom stereocenters. The van der Waals surface area contributed by atoms with Gasteiger partial charge in [0.15, 0.2) is 0 Å². The van der Waals surface area contributed by atoms with Crippen LogP contribution in [0.3, 0.4) is 0 Å². The molecule has 2 aromatic heterocycles. The van der Waals surface area contributed by atoms with Crippen LogP contribution >= 0.6 is 0 Å². The van der Waals surface area contributed by atoms with E-state index in [4.69, 9.17) is 4.98 Å². The minimum atomic E-state index is 0.314. The number of benzene rings is 3. The minimum Gasteiger partial charge on any atom is -0.341 e. The number of nitrogens with one attached hydrogen (secondary N) is 4. The number of fused-ring (bicyclic) bond motifs is 4. The third-order valence-corrected chi connectivity index (χ3v) is 8.52. The third-order valence-electron chi connectivity index (χ3n) is 8.52. The molecule has 1 aliphatic carbocycles. The molecule has 188 valence electrons. The van der Waals surface area contributed by atoms with Gasteiger partial charge in [-0.3, -0.25) is 0 Å². The van der Waals surface area contributed by atoms with Crippen LogP contribution in [0.1, 0.15) is 61.0 Å². The SMILES string of the molecule is CC1CN[C@H](c2nc3c(ccc4cc(C#Cc5ccc(-c6cnc([C@@H]7CC8CC8N7)[nH]6)cc5)ccc43)[nH]2)C1. The van der Waals surface area contributed by atoms with Crippen LogP contribution in [0.2, 0.25) is 0 Å². The molecule has 6 nitrogen and oxygen atoms in total. The Balaban J connectivity index is 1.01. The van der Waals surface area contributed by atoms with E-state index in [0.717, 1.165) is 80.8 Å². The van der Waals surface area contributed by atoms with Gasteiger partial charge in [0.2, 0.25) is 0 Å². The molecular formula is C32H30N6. The maximum Gasteiger partial charge on any atom is 0.124 e. The van der Waals surface area contributed by atoms with Crippen molar-refractivity contribution in [1.29, 1.82) is 0 Å². The summed E-state index contributed by atoms with van der Waals surface area (Å²) in [5, 5.41) is 9.57. The van der Waals surface area contributed by atoms with Crippen molar-refractivity contribution >= 4 is 21.8 Å². The molecule has 6 heteroatoms. The van der Waals surface area contributed by atoms with Gasteiger partial charge < -0.3 is 20.6 Å². The average molecular weight is 499 g/mol. The molecule has 38 heavy (non-hydrogen) atoms. The number of hydrogen-bond acceptors (Lipinski definition) is 4. The lowest BCUT2D eigenvalue weighted by Gasteiger charge is -2.09. The van der Waals surface area contributed by atoms with Crippen molar-refractivity contribution in [2.45, 2.75) is 44.3 Å². The number of imidazole rings is 2. The second kappa shape index (κ2) is 8.56. The molecule has 0 spiro atoms. The van der Waals surface area contributed by atoms with Gasteiger partial charge in [-0.05, 0) is 78.9 Å². The Kier molecular flexibility index (Phi) is 4.98. The van der Waals surface area contributed by atoms with Crippen LogP contribution in [0.4, 0.5) is 0 Å². The molecule has 3 fully saturated rings. The average Bonchev–Trinajstić information content (AvgIpc) is 3.48. The van der Waals surface area contributed by atoms with Crippen LogP contribution in [0.25, 0.3) is 33.1 Å². The summed E-state index contributed by atoms with van der Waals surface area (Å²) in [6, 6.07) is 20.5. The zero-order valence-electron chi connectivity index (χ0n) is 21.4.